The number of rotatable bonds is 6. The monoisotopic (exact) mass is 477 g/mol. The SMILES string of the molecule is CCN1CC[N+](=C2N=C3C(C(=O)N(C)C(=O)N3C)N2CC(O)COc2ccc(Cl)cc2)CC1. The van der Waals surface area contributed by atoms with E-state index in [0.717, 1.165) is 37.6 Å². The number of guanidine groups is 1. The van der Waals surface area contributed by atoms with Crippen LogP contribution in [0.3, 0.4) is 0 Å². The van der Waals surface area contributed by atoms with Crippen LogP contribution < -0.4 is 4.74 Å². The van der Waals surface area contributed by atoms with Gasteiger partial charge < -0.3 is 9.84 Å². The fraction of sp³-hybridized carbons (Fsp3) is 0.545. The van der Waals surface area contributed by atoms with Crippen molar-refractivity contribution in [3.63, 3.8) is 0 Å². The Hall–Kier alpha value is -2.69. The quantitative estimate of drug-likeness (QED) is 0.596. The Bertz CT molecular complexity index is 972. The van der Waals surface area contributed by atoms with Crippen molar-refractivity contribution in [2.75, 3.05) is 60.0 Å². The molecule has 3 heterocycles. The Morgan fingerprint density at radius 2 is 1.85 bits per heavy atom. The number of aliphatic hydroxyl groups excluding tert-OH is 1. The maximum Gasteiger partial charge on any atom is 0.392 e. The molecule has 2 fully saturated rings. The van der Waals surface area contributed by atoms with Crippen molar-refractivity contribution >= 4 is 35.3 Å². The molecular formula is C22H30ClN6O4+. The minimum atomic E-state index is -0.886. The highest BCUT2D eigenvalue weighted by atomic mass is 35.5. The Morgan fingerprint density at radius 3 is 2.48 bits per heavy atom. The summed E-state index contributed by atoms with van der Waals surface area (Å²) in [7, 11) is 3.08. The summed E-state index contributed by atoms with van der Waals surface area (Å²) < 4.78 is 7.82. The fourth-order valence-corrected chi connectivity index (χ4v) is 4.42. The van der Waals surface area contributed by atoms with Gasteiger partial charge in [-0.15, -0.1) is 0 Å². The second kappa shape index (κ2) is 9.66. The van der Waals surface area contributed by atoms with E-state index in [9.17, 15) is 14.7 Å². The Labute approximate surface area is 198 Å². The van der Waals surface area contributed by atoms with Gasteiger partial charge in [0.2, 0.25) is 11.9 Å². The van der Waals surface area contributed by atoms with E-state index < -0.39 is 18.2 Å². The van der Waals surface area contributed by atoms with E-state index in [1.165, 1.54) is 11.9 Å². The first-order valence-corrected chi connectivity index (χ1v) is 11.5. The minimum absolute atomic E-state index is 0.0376. The number of urea groups is 1. The van der Waals surface area contributed by atoms with Crippen LogP contribution in [-0.4, -0.2) is 125 Å². The van der Waals surface area contributed by atoms with Gasteiger partial charge >= 0.3 is 12.0 Å². The molecule has 0 saturated carbocycles. The molecule has 11 heteroatoms. The number of carbonyl (C=O) groups excluding carboxylic acids is 2. The topological polar surface area (TPSA) is 91.9 Å². The zero-order valence-electron chi connectivity index (χ0n) is 19.1. The molecule has 3 aliphatic rings. The van der Waals surface area contributed by atoms with E-state index in [-0.39, 0.29) is 19.1 Å². The van der Waals surface area contributed by atoms with Crippen LogP contribution >= 0.6 is 11.6 Å². The number of piperazine rings is 1. The summed E-state index contributed by atoms with van der Waals surface area (Å²) in [6.07, 6.45) is -0.886. The molecule has 2 atom stereocenters. The molecule has 0 aromatic heterocycles. The van der Waals surface area contributed by atoms with Crippen molar-refractivity contribution in [3.8, 4) is 5.75 Å². The molecule has 178 valence electrons. The summed E-state index contributed by atoms with van der Waals surface area (Å²) in [5.41, 5.74) is 0. The van der Waals surface area contributed by atoms with Crippen LogP contribution in [0.4, 0.5) is 4.79 Å². The average molecular weight is 478 g/mol. The molecule has 3 amide bonds. The molecule has 2 unspecified atom stereocenters. The largest absolute Gasteiger partial charge is 0.491 e. The number of halogens is 1. The first kappa shape index (κ1) is 23.5. The molecule has 3 aliphatic heterocycles. The number of carbonyl (C=O) groups is 2. The van der Waals surface area contributed by atoms with Crippen LogP contribution in [0.15, 0.2) is 29.3 Å². The number of hydrogen-bond donors (Lipinski definition) is 1. The van der Waals surface area contributed by atoms with Crippen LogP contribution in [-0.2, 0) is 4.79 Å². The third-order valence-corrected chi connectivity index (χ3v) is 6.53. The number of aliphatic hydroxyl groups is 1. The van der Waals surface area contributed by atoms with Gasteiger partial charge in [0.25, 0.3) is 5.91 Å². The maximum atomic E-state index is 13.1. The average Bonchev–Trinajstić information content (AvgIpc) is 3.20. The lowest BCUT2D eigenvalue weighted by Crippen LogP contribution is -2.63. The normalized spacial score (nSPS) is 22.6. The Morgan fingerprint density at radius 1 is 1.18 bits per heavy atom. The van der Waals surface area contributed by atoms with Gasteiger partial charge in [0.15, 0.2) is 0 Å². The Kier molecular flexibility index (Phi) is 6.87. The molecular weight excluding hydrogens is 448 g/mol. The highest BCUT2D eigenvalue weighted by molar-refractivity contribution is 6.30. The number of amidine groups is 1. The second-order valence-electron chi connectivity index (χ2n) is 8.40. The van der Waals surface area contributed by atoms with Crippen LogP contribution in [0.2, 0.25) is 5.02 Å². The van der Waals surface area contributed by atoms with Gasteiger partial charge in [-0.3, -0.25) is 24.1 Å². The van der Waals surface area contributed by atoms with Gasteiger partial charge in [-0.1, -0.05) is 23.5 Å². The van der Waals surface area contributed by atoms with Crippen molar-refractivity contribution in [2.24, 2.45) is 4.99 Å². The van der Waals surface area contributed by atoms with Crippen LogP contribution in [0, 0.1) is 0 Å². The van der Waals surface area contributed by atoms with Gasteiger partial charge in [-0.05, 0) is 30.8 Å². The third-order valence-electron chi connectivity index (χ3n) is 6.28. The van der Waals surface area contributed by atoms with Crippen molar-refractivity contribution in [1.82, 2.24) is 19.6 Å². The summed E-state index contributed by atoms with van der Waals surface area (Å²) in [5, 5.41) is 11.4. The summed E-state index contributed by atoms with van der Waals surface area (Å²) >= 11 is 5.91. The van der Waals surface area contributed by atoms with Crippen LogP contribution in [0.5, 0.6) is 5.75 Å². The highest BCUT2D eigenvalue weighted by Gasteiger charge is 2.55. The number of nitrogens with zero attached hydrogens (tertiary/aromatic N) is 6. The van der Waals surface area contributed by atoms with Crippen molar-refractivity contribution in [1.29, 1.82) is 0 Å². The minimum Gasteiger partial charge on any atom is -0.491 e. The van der Waals surface area contributed by atoms with E-state index in [1.807, 2.05) is 0 Å². The van der Waals surface area contributed by atoms with Crippen LogP contribution in [0.25, 0.3) is 0 Å². The lowest BCUT2D eigenvalue weighted by Gasteiger charge is -2.34. The van der Waals surface area contributed by atoms with Gasteiger partial charge in [0, 0.05) is 32.2 Å². The molecule has 4 rings (SSSR count). The molecule has 2 saturated heterocycles. The first-order valence-electron chi connectivity index (χ1n) is 11.1. The summed E-state index contributed by atoms with van der Waals surface area (Å²) in [6.45, 7) is 6.55. The third kappa shape index (κ3) is 4.68. The van der Waals surface area contributed by atoms with Gasteiger partial charge in [-0.25, -0.2) is 9.69 Å². The van der Waals surface area contributed by atoms with E-state index >= 15 is 0 Å². The van der Waals surface area contributed by atoms with E-state index in [0.29, 0.717) is 22.6 Å². The first-order chi connectivity index (χ1) is 15.8. The number of ether oxygens (including phenoxy) is 1. The highest BCUT2D eigenvalue weighted by Crippen LogP contribution is 2.24. The summed E-state index contributed by atoms with van der Waals surface area (Å²) in [5.74, 6) is 1.24. The predicted molar refractivity (Wildman–Crippen MR) is 124 cm³/mol. The number of β-amino-alcohol motifs (C(OH)–C–C–N with tert-alkyl or cyclic N) is 1. The summed E-state index contributed by atoms with van der Waals surface area (Å²) in [6, 6.07) is 5.72. The van der Waals surface area contributed by atoms with Crippen LogP contribution in [0.1, 0.15) is 6.92 Å². The molecule has 1 N–H and O–H groups in total. The zero-order valence-corrected chi connectivity index (χ0v) is 19.9. The van der Waals surface area contributed by atoms with Gasteiger partial charge in [0.05, 0.1) is 19.6 Å². The summed E-state index contributed by atoms with van der Waals surface area (Å²) in [4.78, 5) is 36.9. The molecule has 0 radical (unpaired) electrons. The molecule has 1 aromatic rings. The maximum absolute atomic E-state index is 13.1. The van der Waals surface area contributed by atoms with Crippen molar-refractivity contribution in [3.05, 3.63) is 29.3 Å². The molecule has 1 aromatic carbocycles. The van der Waals surface area contributed by atoms with Crippen molar-refractivity contribution in [2.45, 2.75) is 19.1 Å². The molecule has 33 heavy (non-hydrogen) atoms. The lowest BCUT2D eigenvalue weighted by molar-refractivity contribution is -0.544. The number of fused-ring (bicyclic) bond motifs is 1. The second-order valence-corrected chi connectivity index (χ2v) is 8.84. The molecule has 10 nitrogen and oxygen atoms in total. The standard InChI is InChI=1S/C22H30ClN6O4/c1-4-27-9-11-28(12-10-27)21-24-19-18(20(31)26(3)22(32)25(19)2)29(21)13-16(30)14-33-17-7-5-15(23)6-8-17/h5-8,16,18,30H,4,9-14H2,1-3H3/q+1. The van der Waals surface area contributed by atoms with E-state index in [1.54, 1.807) is 36.2 Å². The number of imide groups is 1. The number of likely N-dealkylation sites (N-methyl/N-ethyl adjacent to an activating group) is 3. The number of amides is 3. The van der Waals surface area contributed by atoms with Gasteiger partial charge in [0.1, 0.15) is 18.5 Å². The van der Waals surface area contributed by atoms with E-state index in [4.69, 9.17) is 21.3 Å². The van der Waals surface area contributed by atoms with E-state index in [2.05, 4.69) is 16.4 Å². The van der Waals surface area contributed by atoms with Gasteiger partial charge in [-0.2, -0.15) is 0 Å². The molecule has 0 aliphatic carbocycles. The number of hydrogen-bond acceptors (Lipinski definition) is 5. The van der Waals surface area contributed by atoms with Crippen molar-refractivity contribution < 1.29 is 24.0 Å². The fourth-order valence-electron chi connectivity index (χ4n) is 4.29. The zero-order chi connectivity index (χ0) is 23.7. The number of benzene rings is 1. The number of aliphatic imine (C=N–C) groups is 1. The lowest BCUT2D eigenvalue weighted by atomic mass is 10.1. The molecule has 0 bridgehead atoms. The molecule has 0 spiro atoms. The Balaban J connectivity index is 1.56. The predicted octanol–water partition coefficient (Wildman–Crippen LogP) is 0.390. The smallest absolute Gasteiger partial charge is 0.392 e.